The Morgan fingerprint density at radius 2 is 0.588 bits per heavy atom. The molecule has 382 valence electrons. The molecule has 0 unspecified atom stereocenters. The zero-order valence-corrected chi connectivity index (χ0v) is 45.1. The van der Waals surface area contributed by atoms with Crippen LogP contribution in [0.4, 0.5) is 34.1 Å². The fourth-order valence-electron chi connectivity index (χ4n) is 12.1. The maximum atomic E-state index is 6.71. The second-order valence-electron chi connectivity index (χ2n) is 21.0. The van der Waals surface area contributed by atoms with Gasteiger partial charge in [-0.05, 0) is 144 Å². The van der Waals surface area contributed by atoms with Gasteiger partial charge in [0.2, 0.25) is 0 Å². The predicted octanol–water partition coefficient (Wildman–Crippen LogP) is 22.0. The zero-order chi connectivity index (χ0) is 53.8. The van der Waals surface area contributed by atoms with Crippen LogP contribution in [0.1, 0.15) is 22.3 Å². The molecular weight excluding hydrogens is 973 g/mol. The van der Waals surface area contributed by atoms with Crippen LogP contribution in [0.2, 0.25) is 0 Å². The van der Waals surface area contributed by atoms with Crippen LogP contribution in [0.5, 0.6) is 0 Å². The van der Waals surface area contributed by atoms with Crippen molar-refractivity contribution in [1.29, 1.82) is 0 Å². The van der Waals surface area contributed by atoms with Crippen LogP contribution in [0.25, 0.3) is 99.5 Å². The third-order valence-corrected chi connectivity index (χ3v) is 16.0. The number of fused-ring (bicyclic) bond motifs is 6. The average Bonchev–Trinajstić information content (AvgIpc) is 4.18. The summed E-state index contributed by atoms with van der Waals surface area (Å²) in [6.45, 7) is 8.92. The van der Waals surface area contributed by atoms with Crippen molar-refractivity contribution in [3.05, 3.63) is 289 Å². The molecular formula is C76H56N2O2. The Hall–Kier alpha value is -10.2. The third kappa shape index (κ3) is 8.41. The topological polar surface area (TPSA) is 32.8 Å². The number of aryl methyl sites for hydroxylation is 4. The largest absolute Gasteiger partial charge is 0.455 e. The Kier molecular flexibility index (Phi) is 12.1. The van der Waals surface area contributed by atoms with Crippen molar-refractivity contribution >= 4 is 78.0 Å². The Balaban J connectivity index is 0.894. The summed E-state index contributed by atoms with van der Waals surface area (Å²) in [5, 5.41) is 4.44. The number of anilines is 6. The van der Waals surface area contributed by atoms with Crippen molar-refractivity contribution < 1.29 is 8.83 Å². The van der Waals surface area contributed by atoms with E-state index in [9.17, 15) is 0 Å². The van der Waals surface area contributed by atoms with Crippen molar-refractivity contribution in [1.82, 2.24) is 0 Å². The zero-order valence-electron chi connectivity index (χ0n) is 45.1. The van der Waals surface area contributed by atoms with Gasteiger partial charge in [0, 0.05) is 66.5 Å². The van der Waals surface area contributed by atoms with Crippen molar-refractivity contribution in [2.24, 2.45) is 0 Å². The normalized spacial score (nSPS) is 11.5. The average molecular weight is 1030 g/mol. The van der Waals surface area contributed by atoms with E-state index < -0.39 is 0 Å². The monoisotopic (exact) mass is 1030 g/mol. The number of furan rings is 2. The van der Waals surface area contributed by atoms with Crippen molar-refractivity contribution in [3.8, 4) is 55.6 Å². The predicted molar refractivity (Wildman–Crippen MR) is 336 cm³/mol. The van der Waals surface area contributed by atoms with E-state index in [0.29, 0.717) is 0 Å². The van der Waals surface area contributed by atoms with E-state index in [0.717, 1.165) is 134 Å². The maximum Gasteiger partial charge on any atom is 0.143 e. The number of para-hydroxylation sites is 6. The second-order valence-corrected chi connectivity index (χ2v) is 21.0. The molecule has 0 saturated heterocycles. The standard InChI is InChI=1S/C76H56N2O2/c1-49-19-15-27-63(67-31-17-29-65-61-25-11-13-33-71(61)79-75(65)67)73(49)77(59-41-35-55(36-42-59)53-21-7-5-8-22-53)69-45-39-57(47-51(69)3)58-40-46-70(52(4)48-58)78(60-43-37-56(38-44-60)54-23-9-6-10-24-54)74-50(2)20-16-28-64(74)68-32-18-30-66-62-26-12-14-34-72(62)80-76(66)68/h5-48H,1-4H3. The van der Waals surface area contributed by atoms with Gasteiger partial charge in [-0.3, -0.25) is 0 Å². The first-order chi connectivity index (χ1) is 39.3. The molecule has 4 heteroatoms. The highest BCUT2D eigenvalue weighted by Gasteiger charge is 2.26. The molecule has 2 aromatic heterocycles. The molecule has 4 nitrogen and oxygen atoms in total. The first kappa shape index (κ1) is 48.2. The van der Waals surface area contributed by atoms with Gasteiger partial charge in [0.1, 0.15) is 22.3 Å². The summed E-state index contributed by atoms with van der Waals surface area (Å²) in [6.07, 6.45) is 0. The lowest BCUT2D eigenvalue weighted by Gasteiger charge is -2.31. The van der Waals surface area contributed by atoms with Gasteiger partial charge in [-0.1, -0.05) is 206 Å². The van der Waals surface area contributed by atoms with Gasteiger partial charge in [0.05, 0.1) is 11.4 Å². The fourth-order valence-corrected chi connectivity index (χ4v) is 12.1. The van der Waals surface area contributed by atoms with Gasteiger partial charge in [-0.2, -0.15) is 0 Å². The van der Waals surface area contributed by atoms with E-state index in [1.54, 1.807) is 0 Å². The lowest BCUT2D eigenvalue weighted by molar-refractivity contribution is 0.669. The van der Waals surface area contributed by atoms with Crippen LogP contribution >= 0.6 is 0 Å². The molecule has 0 atom stereocenters. The summed E-state index contributed by atoms with van der Waals surface area (Å²) in [5.74, 6) is 0. The second kappa shape index (κ2) is 20.0. The first-order valence-corrected chi connectivity index (χ1v) is 27.5. The van der Waals surface area contributed by atoms with Gasteiger partial charge in [-0.15, -0.1) is 0 Å². The lowest BCUT2D eigenvalue weighted by Crippen LogP contribution is -2.14. The molecule has 0 spiro atoms. The summed E-state index contributed by atoms with van der Waals surface area (Å²) in [4.78, 5) is 4.89. The minimum atomic E-state index is 0.883. The minimum Gasteiger partial charge on any atom is -0.455 e. The number of hydrogen-bond acceptors (Lipinski definition) is 4. The van der Waals surface area contributed by atoms with Gasteiger partial charge in [-0.25, -0.2) is 0 Å². The summed E-state index contributed by atoms with van der Waals surface area (Å²) >= 11 is 0. The highest BCUT2D eigenvalue weighted by atomic mass is 16.3. The van der Waals surface area contributed by atoms with Crippen LogP contribution in [0.3, 0.4) is 0 Å². The van der Waals surface area contributed by atoms with E-state index >= 15 is 0 Å². The molecule has 0 radical (unpaired) electrons. The smallest absolute Gasteiger partial charge is 0.143 e. The molecule has 0 aliphatic rings. The highest BCUT2D eigenvalue weighted by molar-refractivity contribution is 6.12. The Morgan fingerprint density at radius 1 is 0.250 bits per heavy atom. The lowest BCUT2D eigenvalue weighted by atomic mass is 9.94. The fraction of sp³-hybridized carbons (Fsp3) is 0.0526. The molecule has 12 aromatic carbocycles. The van der Waals surface area contributed by atoms with Crippen LogP contribution in [0.15, 0.2) is 276 Å². The third-order valence-electron chi connectivity index (χ3n) is 16.0. The number of nitrogens with zero attached hydrogens (tertiary/aromatic N) is 2. The van der Waals surface area contributed by atoms with Gasteiger partial charge >= 0.3 is 0 Å². The molecule has 0 amide bonds. The summed E-state index contributed by atoms with van der Waals surface area (Å²) in [7, 11) is 0. The molecule has 0 aliphatic carbocycles. The molecule has 0 fully saturated rings. The quantitative estimate of drug-likeness (QED) is 0.129. The van der Waals surface area contributed by atoms with Gasteiger partial charge in [0.25, 0.3) is 0 Å². The van der Waals surface area contributed by atoms with E-state index in [4.69, 9.17) is 8.83 Å². The minimum absolute atomic E-state index is 0.883. The van der Waals surface area contributed by atoms with E-state index in [1.165, 1.54) is 22.3 Å². The molecule has 14 aromatic rings. The molecule has 2 heterocycles. The molecule has 0 bridgehead atoms. The Bertz CT molecular complexity index is 4330. The van der Waals surface area contributed by atoms with Crippen LogP contribution in [-0.4, -0.2) is 0 Å². The molecule has 80 heavy (non-hydrogen) atoms. The number of rotatable bonds is 11. The van der Waals surface area contributed by atoms with E-state index in [1.807, 2.05) is 12.1 Å². The highest BCUT2D eigenvalue weighted by Crippen LogP contribution is 2.50. The molecule has 0 saturated carbocycles. The molecule has 0 N–H and O–H groups in total. The van der Waals surface area contributed by atoms with E-state index in [-0.39, 0.29) is 0 Å². The van der Waals surface area contributed by atoms with Crippen molar-refractivity contribution in [2.45, 2.75) is 27.7 Å². The summed E-state index contributed by atoms with van der Waals surface area (Å²) < 4.78 is 13.4. The van der Waals surface area contributed by atoms with Crippen molar-refractivity contribution in [2.75, 3.05) is 9.80 Å². The van der Waals surface area contributed by atoms with E-state index in [2.05, 4.69) is 292 Å². The van der Waals surface area contributed by atoms with Crippen LogP contribution in [0, 0.1) is 27.7 Å². The Labute approximate surface area is 466 Å². The van der Waals surface area contributed by atoms with Crippen LogP contribution < -0.4 is 9.80 Å². The SMILES string of the molecule is Cc1cc(-c2ccc(N(c3ccc(-c4ccccc4)cc3)c3c(C)cccc3-c3cccc4c3oc3ccccc34)c(C)c2)ccc1N(c1ccc(-c2ccccc2)cc1)c1c(C)cccc1-c1cccc2c1oc1ccccc12. The molecule has 0 aliphatic heterocycles. The summed E-state index contributed by atoms with van der Waals surface area (Å²) in [6, 6.07) is 96.0. The number of benzene rings is 12. The summed E-state index contributed by atoms with van der Waals surface area (Å²) in [5.41, 5.74) is 26.0. The Morgan fingerprint density at radius 3 is 1.00 bits per heavy atom. The van der Waals surface area contributed by atoms with Crippen LogP contribution in [-0.2, 0) is 0 Å². The molecule has 14 rings (SSSR count). The number of hydrogen-bond donors (Lipinski definition) is 0. The maximum absolute atomic E-state index is 6.71. The van der Waals surface area contributed by atoms with Crippen molar-refractivity contribution in [3.63, 3.8) is 0 Å². The van der Waals surface area contributed by atoms with Gasteiger partial charge < -0.3 is 18.6 Å². The first-order valence-electron chi connectivity index (χ1n) is 27.5. The van der Waals surface area contributed by atoms with Gasteiger partial charge in [0.15, 0.2) is 0 Å².